The van der Waals surface area contributed by atoms with Gasteiger partial charge in [0, 0.05) is 19.6 Å². The number of rotatable bonds is 3. The molecule has 0 aromatic carbocycles. The fourth-order valence-electron chi connectivity index (χ4n) is 2.32. The first-order valence-electron chi connectivity index (χ1n) is 5.60. The molecule has 1 heterocycles. The van der Waals surface area contributed by atoms with Crippen molar-refractivity contribution in [2.75, 3.05) is 26.2 Å². The number of ether oxygens (including phenoxy) is 1. The minimum Gasteiger partial charge on any atom is -0.394 e. The normalized spacial score (nSPS) is 33.2. The molecule has 0 radical (unpaired) electrons. The molecule has 14 heavy (non-hydrogen) atoms. The SMILES string of the molecule is CC1(C)CN(CC2CC2)CC(CO)O1. The highest BCUT2D eigenvalue weighted by atomic mass is 16.5. The maximum atomic E-state index is 9.14. The first-order valence-corrected chi connectivity index (χ1v) is 5.60. The van der Waals surface area contributed by atoms with Crippen LogP contribution in [-0.2, 0) is 4.74 Å². The van der Waals surface area contributed by atoms with E-state index in [0.29, 0.717) is 0 Å². The van der Waals surface area contributed by atoms with Crippen LogP contribution >= 0.6 is 0 Å². The van der Waals surface area contributed by atoms with Crippen molar-refractivity contribution >= 4 is 0 Å². The van der Waals surface area contributed by atoms with Crippen molar-refractivity contribution in [2.45, 2.75) is 38.4 Å². The minimum absolute atomic E-state index is 0.0116. The summed E-state index contributed by atoms with van der Waals surface area (Å²) in [5.41, 5.74) is -0.0967. The van der Waals surface area contributed by atoms with E-state index in [1.54, 1.807) is 0 Å². The Balaban J connectivity index is 1.89. The van der Waals surface area contributed by atoms with Gasteiger partial charge in [-0.1, -0.05) is 0 Å². The Morgan fingerprint density at radius 3 is 2.71 bits per heavy atom. The van der Waals surface area contributed by atoms with Gasteiger partial charge in [-0.05, 0) is 32.6 Å². The molecule has 2 rings (SSSR count). The fraction of sp³-hybridized carbons (Fsp3) is 1.00. The van der Waals surface area contributed by atoms with E-state index < -0.39 is 0 Å². The van der Waals surface area contributed by atoms with Crippen molar-refractivity contribution in [1.82, 2.24) is 4.90 Å². The van der Waals surface area contributed by atoms with Crippen LogP contribution in [0.4, 0.5) is 0 Å². The molecule has 0 bridgehead atoms. The molecule has 3 nitrogen and oxygen atoms in total. The Hall–Kier alpha value is -0.120. The van der Waals surface area contributed by atoms with Crippen LogP contribution in [0.5, 0.6) is 0 Å². The molecule has 2 fully saturated rings. The second-order valence-electron chi connectivity index (χ2n) is 5.32. The molecular formula is C11H21NO2. The van der Waals surface area contributed by atoms with Crippen LogP contribution in [0.15, 0.2) is 0 Å². The molecule has 1 saturated heterocycles. The molecule has 2 aliphatic rings. The maximum absolute atomic E-state index is 9.14. The van der Waals surface area contributed by atoms with Gasteiger partial charge in [0.2, 0.25) is 0 Å². The van der Waals surface area contributed by atoms with E-state index >= 15 is 0 Å². The summed E-state index contributed by atoms with van der Waals surface area (Å²) in [4.78, 5) is 2.45. The van der Waals surface area contributed by atoms with Crippen LogP contribution < -0.4 is 0 Å². The number of morpholine rings is 1. The van der Waals surface area contributed by atoms with Gasteiger partial charge in [0.1, 0.15) is 0 Å². The van der Waals surface area contributed by atoms with Crippen molar-refractivity contribution in [1.29, 1.82) is 0 Å². The Morgan fingerprint density at radius 2 is 2.14 bits per heavy atom. The minimum atomic E-state index is -0.0967. The molecule has 0 aromatic rings. The number of hydrogen-bond acceptors (Lipinski definition) is 3. The third-order valence-electron chi connectivity index (χ3n) is 2.97. The van der Waals surface area contributed by atoms with Crippen LogP contribution in [0.25, 0.3) is 0 Å². The van der Waals surface area contributed by atoms with E-state index in [2.05, 4.69) is 18.7 Å². The first kappa shape index (κ1) is 10.4. The Bertz CT molecular complexity index is 201. The highest BCUT2D eigenvalue weighted by Gasteiger charge is 2.35. The number of aliphatic hydroxyl groups excluding tert-OH is 1. The lowest BCUT2D eigenvalue weighted by Gasteiger charge is -2.42. The lowest BCUT2D eigenvalue weighted by atomic mass is 10.1. The summed E-state index contributed by atoms with van der Waals surface area (Å²) < 4.78 is 5.76. The number of hydrogen-bond donors (Lipinski definition) is 1. The quantitative estimate of drug-likeness (QED) is 0.732. The molecule has 0 amide bonds. The molecule has 1 unspecified atom stereocenters. The van der Waals surface area contributed by atoms with Gasteiger partial charge in [-0.15, -0.1) is 0 Å². The largest absolute Gasteiger partial charge is 0.394 e. The van der Waals surface area contributed by atoms with E-state index in [1.807, 2.05) is 0 Å². The van der Waals surface area contributed by atoms with Crippen LogP contribution in [0.1, 0.15) is 26.7 Å². The fourth-order valence-corrected chi connectivity index (χ4v) is 2.32. The van der Waals surface area contributed by atoms with E-state index in [4.69, 9.17) is 9.84 Å². The topological polar surface area (TPSA) is 32.7 Å². The zero-order chi connectivity index (χ0) is 10.2. The average Bonchev–Trinajstić information content (AvgIpc) is 2.85. The van der Waals surface area contributed by atoms with Gasteiger partial charge in [0.25, 0.3) is 0 Å². The van der Waals surface area contributed by atoms with Crippen LogP contribution in [-0.4, -0.2) is 48.0 Å². The van der Waals surface area contributed by atoms with Crippen molar-refractivity contribution in [3.8, 4) is 0 Å². The van der Waals surface area contributed by atoms with E-state index in [-0.39, 0.29) is 18.3 Å². The first-order chi connectivity index (χ1) is 6.59. The summed E-state index contributed by atoms with van der Waals surface area (Å²) in [6, 6.07) is 0. The second-order valence-corrected chi connectivity index (χ2v) is 5.32. The number of aliphatic hydroxyl groups is 1. The molecule has 0 spiro atoms. The zero-order valence-corrected chi connectivity index (χ0v) is 9.20. The van der Waals surface area contributed by atoms with Gasteiger partial charge >= 0.3 is 0 Å². The van der Waals surface area contributed by atoms with Crippen LogP contribution in [0.3, 0.4) is 0 Å². The maximum Gasteiger partial charge on any atom is 0.0940 e. The Kier molecular flexibility index (Phi) is 2.82. The lowest BCUT2D eigenvalue weighted by Crippen LogP contribution is -2.54. The van der Waals surface area contributed by atoms with E-state index in [9.17, 15) is 0 Å². The molecule has 3 heteroatoms. The third-order valence-corrected chi connectivity index (χ3v) is 2.97. The monoisotopic (exact) mass is 199 g/mol. The zero-order valence-electron chi connectivity index (χ0n) is 9.20. The highest BCUT2D eigenvalue weighted by molar-refractivity contribution is 4.87. The third kappa shape index (κ3) is 2.69. The summed E-state index contributed by atoms with van der Waals surface area (Å²) in [6.07, 6.45) is 2.79. The average molecular weight is 199 g/mol. The van der Waals surface area contributed by atoms with Gasteiger partial charge in [0.15, 0.2) is 0 Å². The van der Waals surface area contributed by atoms with Crippen molar-refractivity contribution < 1.29 is 9.84 Å². The van der Waals surface area contributed by atoms with Gasteiger partial charge in [-0.25, -0.2) is 0 Å². The summed E-state index contributed by atoms with van der Waals surface area (Å²) in [5.74, 6) is 0.920. The summed E-state index contributed by atoms with van der Waals surface area (Å²) in [6.45, 7) is 7.45. The Labute approximate surface area is 86.0 Å². The second kappa shape index (κ2) is 3.80. The predicted molar refractivity (Wildman–Crippen MR) is 55.2 cm³/mol. The van der Waals surface area contributed by atoms with Gasteiger partial charge in [-0.2, -0.15) is 0 Å². The van der Waals surface area contributed by atoms with Crippen LogP contribution in [0, 0.1) is 5.92 Å². The van der Waals surface area contributed by atoms with Crippen molar-refractivity contribution in [3.05, 3.63) is 0 Å². The summed E-state index contributed by atoms with van der Waals surface area (Å²) >= 11 is 0. The molecule has 1 atom stereocenters. The number of nitrogens with zero attached hydrogens (tertiary/aromatic N) is 1. The molecule has 1 saturated carbocycles. The van der Waals surface area contributed by atoms with E-state index in [0.717, 1.165) is 19.0 Å². The smallest absolute Gasteiger partial charge is 0.0940 e. The van der Waals surface area contributed by atoms with Crippen molar-refractivity contribution in [3.63, 3.8) is 0 Å². The van der Waals surface area contributed by atoms with E-state index in [1.165, 1.54) is 19.4 Å². The highest BCUT2D eigenvalue weighted by Crippen LogP contribution is 2.31. The van der Waals surface area contributed by atoms with Crippen LogP contribution in [0.2, 0.25) is 0 Å². The van der Waals surface area contributed by atoms with Gasteiger partial charge in [0.05, 0.1) is 18.3 Å². The van der Waals surface area contributed by atoms with Crippen molar-refractivity contribution in [2.24, 2.45) is 5.92 Å². The Morgan fingerprint density at radius 1 is 1.43 bits per heavy atom. The van der Waals surface area contributed by atoms with Gasteiger partial charge < -0.3 is 9.84 Å². The molecule has 1 aliphatic heterocycles. The summed E-state index contributed by atoms with van der Waals surface area (Å²) in [7, 11) is 0. The standard InChI is InChI=1S/C11H21NO2/c1-11(2)8-12(5-9-3-4-9)6-10(7-13)14-11/h9-10,13H,3-8H2,1-2H3. The summed E-state index contributed by atoms with van der Waals surface area (Å²) in [5, 5.41) is 9.14. The van der Waals surface area contributed by atoms with Gasteiger partial charge in [-0.3, -0.25) is 4.90 Å². The molecule has 0 aromatic heterocycles. The lowest BCUT2D eigenvalue weighted by molar-refractivity contribution is -0.149. The molecule has 1 aliphatic carbocycles. The predicted octanol–water partition coefficient (Wildman–Crippen LogP) is 0.868. The molecule has 82 valence electrons. The molecular weight excluding hydrogens is 178 g/mol. The molecule has 1 N–H and O–H groups in total.